The predicted molar refractivity (Wildman–Crippen MR) is 78.8 cm³/mol. The lowest BCUT2D eigenvalue weighted by molar-refractivity contribution is 0.0759. The van der Waals surface area contributed by atoms with Crippen molar-refractivity contribution < 1.29 is 4.74 Å². The van der Waals surface area contributed by atoms with E-state index < -0.39 is 0 Å². The molecule has 0 radical (unpaired) electrons. The molecule has 4 heteroatoms. The molecule has 1 atom stereocenters. The molecule has 1 aromatic heterocycles. The van der Waals surface area contributed by atoms with Crippen molar-refractivity contribution in [1.82, 2.24) is 5.32 Å². The van der Waals surface area contributed by atoms with Crippen LogP contribution in [-0.4, -0.2) is 19.3 Å². The molecule has 17 heavy (non-hydrogen) atoms. The molecule has 1 aromatic rings. The molecular weight excluding hydrogens is 298 g/mol. The first-order valence-electron chi connectivity index (χ1n) is 6.19. The zero-order valence-electron chi connectivity index (χ0n) is 10.8. The van der Waals surface area contributed by atoms with E-state index in [9.17, 15) is 0 Å². The molecule has 1 heterocycles. The highest BCUT2D eigenvalue weighted by atomic mass is 79.9. The van der Waals surface area contributed by atoms with Crippen LogP contribution >= 0.6 is 27.3 Å². The van der Waals surface area contributed by atoms with Gasteiger partial charge in [-0.3, -0.25) is 0 Å². The van der Waals surface area contributed by atoms with Crippen molar-refractivity contribution in [2.24, 2.45) is 0 Å². The van der Waals surface area contributed by atoms with Crippen LogP contribution in [0.25, 0.3) is 0 Å². The van der Waals surface area contributed by atoms with Crippen molar-refractivity contribution in [3.8, 4) is 0 Å². The van der Waals surface area contributed by atoms with E-state index in [1.54, 1.807) is 11.3 Å². The SMILES string of the molecule is CC(C)OCCCCNC(C)c1sccc1Br. The van der Waals surface area contributed by atoms with E-state index in [1.807, 2.05) is 0 Å². The Hall–Kier alpha value is 0.100. The molecule has 1 unspecified atom stereocenters. The number of unbranched alkanes of at least 4 members (excludes halogenated alkanes) is 1. The summed E-state index contributed by atoms with van der Waals surface area (Å²) < 4.78 is 6.72. The quantitative estimate of drug-likeness (QED) is 0.718. The fourth-order valence-electron chi connectivity index (χ4n) is 1.57. The minimum atomic E-state index is 0.351. The molecule has 0 fully saturated rings. The summed E-state index contributed by atoms with van der Waals surface area (Å²) in [5.74, 6) is 0. The molecule has 0 aliphatic rings. The van der Waals surface area contributed by atoms with Crippen LogP contribution in [0.4, 0.5) is 0 Å². The first kappa shape index (κ1) is 15.2. The van der Waals surface area contributed by atoms with E-state index in [0.717, 1.165) is 19.6 Å². The lowest BCUT2D eigenvalue weighted by atomic mass is 10.2. The van der Waals surface area contributed by atoms with Gasteiger partial charge in [0.2, 0.25) is 0 Å². The maximum absolute atomic E-state index is 5.51. The summed E-state index contributed by atoms with van der Waals surface area (Å²) in [6.45, 7) is 8.29. The summed E-state index contributed by atoms with van der Waals surface area (Å²) in [5.41, 5.74) is 0. The van der Waals surface area contributed by atoms with Crippen LogP contribution in [0, 0.1) is 0 Å². The van der Waals surface area contributed by atoms with E-state index in [1.165, 1.54) is 15.8 Å². The Morgan fingerprint density at radius 3 is 2.71 bits per heavy atom. The van der Waals surface area contributed by atoms with Gasteiger partial charge in [-0.25, -0.2) is 0 Å². The van der Waals surface area contributed by atoms with Crippen molar-refractivity contribution in [3.05, 3.63) is 20.8 Å². The van der Waals surface area contributed by atoms with Crippen molar-refractivity contribution >= 4 is 27.3 Å². The molecule has 0 saturated heterocycles. The summed E-state index contributed by atoms with van der Waals surface area (Å²) in [7, 11) is 0. The number of hydrogen-bond acceptors (Lipinski definition) is 3. The highest BCUT2D eigenvalue weighted by Crippen LogP contribution is 2.28. The number of ether oxygens (including phenoxy) is 1. The van der Waals surface area contributed by atoms with Crippen LogP contribution < -0.4 is 5.32 Å². The second kappa shape index (κ2) is 8.25. The van der Waals surface area contributed by atoms with Gasteiger partial charge >= 0.3 is 0 Å². The van der Waals surface area contributed by atoms with Gasteiger partial charge in [-0.2, -0.15) is 0 Å². The van der Waals surface area contributed by atoms with Crippen LogP contribution in [0.15, 0.2) is 15.9 Å². The van der Waals surface area contributed by atoms with Gasteiger partial charge < -0.3 is 10.1 Å². The summed E-state index contributed by atoms with van der Waals surface area (Å²) in [5, 5.41) is 5.66. The second-order valence-electron chi connectivity index (χ2n) is 4.44. The normalized spacial score (nSPS) is 13.2. The smallest absolute Gasteiger partial charge is 0.0518 e. The molecule has 0 bridgehead atoms. The number of rotatable bonds is 8. The van der Waals surface area contributed by atoms with E-state index >= 15 is 0 Å². The van der Waals surface area contributed by atoms with Crippen molar-refractivity contribution in [2.45, 2.75) is 45.8 Å². The molecule has 98 valence electrons. The number of nitrogens with one attached hydrogen (secondary N) is 1. The third kappa shape index (κ3) is 6.00. The minimum absolute atomic E-state index is 0.351. The molecular formula is C13H22BrNOS. The van der Waals surface area contributed by atoms with Crippen LogP contribution in [0.3, 0.4) is 0 Å². The van der Waals surface area contributed by atoms with Crippen LogP contribution in [0.5, 0.6) is 0 Å². The first-order valence-corrected chi connectivity index (χ1v) is 7.86. The number of hydrogen-bond donors (Lipinski definition) is 1. The molecule has 0 spiro atoms. The number of halogens is 1. The van der Waals surface area contributed by atoms with Gasteiger partial charge in [-0.1, -0.05) is 0 Å². The highest BCUT2D eigenvalue weighted by Gasteiger charge is 2.09. The van der Waals surface area contributed by atoms with Gasteiger partial charge in [-0.15, -0.1) is 11.3 Å². The Labute approximate surface area is 117 Å². The Balaban J connectivity index is 2.09. The Bertz CT molecular complexity index is 314. The van der Waals surface area contributed by atoms with E-state index in [0.29, 0.717) is 12.1 Å². The van der Waals surface area contributed by atoms with Gasteiger partial charge in [0.1, 0.15) is 0 Å². The standard InChI is InChI=1S/C13H22BrNOS/c1-10(2)16-8-5-4-7-15-11(3)13-12(14)6-9-17-13/h6,9-11,15H,4-5,7-8H2,1-3H3. The second-order valence-corrected chi connectivity index (χ2v) is 6.24. The zero-order valence-corrected chi connectivity index (χ0v) is 13.2. The monoisotopic (exact) mass is 319 g/mol. The van der Waals surface area contributed by atoms with Crippen LogP contribution in [-0.2, 0) is 4.74 Å². The predicted octanol–water partition coefficient (Wildman–Crippen LogP) is 4.37. The van der Waals surface area contributed by atoms with Gasteiger partial charge in [0.05, 0.1) is 6.10 Å². The average molecular weight is 320 g/mol. The Morgan fingerprint density at radius 1 is 1.35 bits per heavy atom. The molecule has 0 aliphatic heterocycles. The Kier molecular flexibility index (Phi) is 7.35. The molecule has 0 saturated carbocycles. The summed E-state index contributed by atoms with van der Waals surface area (Å²) >= 11 is 5.36. The van der Waals surface area contributed by atoms with Crippen LogP contribution in [0.1, 0.15) is 44.5 Å². The lowest BCUT2D eigenvalue weighted by Gasteiger charge is -2.13. The van der Waals surface area contributed by atoms with Crippen molar-refractivity contribution in [3.63, 3.8) is 0 Å². The lowest BCUT2D eigenvalue weighted by Crippen LogP contribution is -2.19. The summed E-state index contributed by atoms with van der Waals surface area (Å²) in [6, 6.07) is 2.53. The summed E-state index contributed by atoms with van der Waals surface area (Å²) in [6.07, 6.45) is 2.65. The van der Waals surface area contributed by atoms with E-state index in [-0.39, 0.29) is 0 Å². The third-order valence-electron chi connectivity index (χ3n) is 2.51. The molecule has 1 N–H and O–H groups in total. The largest absolute Gasteiger partial charge is 0.379 e. The van der Waals surface area contributed by atoms with Gasteiger partial charge in [0.15, 0.2) is 0 Å². The van der Waals surface area contributed by atoms with Crippen LogP contribution in [0.2, 0.25) is 0 Å². The van der Waals surface area contributed by atoms with E-state index in [2.05, 4.69) is 53.5 Å². The highest BCUT2D eigenvalue weighted by molar-refractivity contribution is 9.10. The first-order chi connectivity index (χ1) is 8.11. The van der Waals surface area contributed by atoms with Gasteiger partial charge in [0, 0.05) is 22.0 Å². The van der Waals surface area contributed by atoms with Crippen molar-refractivity contribution in [1.29, 1.82) is 0 Å². The molecule has 0 aliphatic carbocycles. The zero-order chi connectivity index (χ0) is 12.7. The van der Waals surface area contributed by atoms with Gasteiger partial charge in [-0.05, 0) is 67.5 Å². The maximum atomic E-state index is 5.51. The fraction of sp³-hybridized carbons (Fsp3) is 0.692. The number of thiophene rings is 1. The van der Waals surface area contributed by atoms with Crippen molar-refractivity contribution in [2.75, 3.05) is 13.2 Å². The molecule has 1 rings (SSSR count). The minimum Gasteiger partial charge on any atom is -0.379 e. The summed E-state index contributed by atoms with van der Waals surface area (Å²) in [4.78, 5) is 1.38. The Morgan fingerprint density at radius 2 is 2.12 bits per heavy atom. The maximum Gasteiger partial charge on any atom is 0.0518 e. The third-order valence-corrected chi connectivity index (χ3v) is 4.56. The topological polar surface area (TPSA) is 21.3 Å². The average Bonchev–Trinajstić information content (AvgIpc) is 2.69. The van der Waals surface area contributed by atoms with Gasteiger partial charge in [0.25, 0.3) is 0 Å². The molecule has 0 amide bonds. The van der Waals surface area contributed by atoms with E-state index in [4.69, 9.17) is 4.74 Å². The fourth-order valence-corrected chi connectivity index (χ4v) is 3.32. The molecule has 2 nitrogen and oxygen atoms in total. The molecule has 0 aromatic carbocycles.